The predicted octanol–water partition coefficient (Wildman–Crippen LogP) is 3.23. The molecule has 0 amide bonds. The summed E-state index contributed by atoms with van der Waals surface area (Å²) in [4.78, 5) is 29.0. The zero-order valence-electron chi connectivity index (χ0n) is 16.1. The van der Waals surface area contributed by atoms with Gasteiger partial charge in [0.1, 0.15) is 24.2 Å². The molecule has 0 N–H and O–H groups in total. The lowest BCUT2D eigenvalue weighted by Crippen LogP contribution is -2.14. The van der Waals surface area contributed by atoms with Gasteiger partial charge in [-0.25, -0.2) is 9.78 Å². The molecule has 1 aliphatic heterocycles. The van der Waals surface area contributed by atoms with E-state index in [1.807, 2.05) is 26.0 Å². The SMILES string of the molecule is CCOc1cc2c(cc1/C=C/C(=O)OCc1cc(=O)n3ccsc3n1)O[C@H](C)C2. The Hall–Kier alpha value is -3.13. The first kappa shape index (κ1) is 19.2. The summed E-state index contributed by atoms with van der Waals surface area (Å²) in [5.74, 6) is 0.976. The van der Waals surface area contributed by atoms with Crippen molar-refractivity contribution in [3.05, 3.63) is 63.0 Å². The molecule has 8 heteroatoms. The molecule has 0 radical (unpaired) electrons. The predicted molar refractivity (Wildman–Crippen MR) is 110 cm³/mol. The molecule has 0 saturated heterocycles. The van der Waals surface area contributed by atoms with E-state index in [9.17, 15) is 9.59 Å². The molecule has 0 aliphatic carbocycles. The number of rotatable bonds is 6. The van der Waals surface area contributed by atoms with Gasteiger partial charge in [-0.05, 0) is 32.1 Å². The molecule has 0 unspecified atom stereocenters. The standard InChI is InChI=1S/C21H20N2O5S/c1-3-26-17-10-15-8-13(2)28-18(15)9-14(17)4-5-20(25)27-12-16-11-19(24)23-6-7-29-21(23)22-16/h4-7,9-11,13H,3,8,12H2,1-2H3/b5-4+/t13-/m1/s1. The maximum atomic E-state index is 12.2. The van der Waals surface area contributed by atoms with Crippen LogP contribution in [-0.2, 0) is 22.6 Å². The summed E-state index contributed by atoms with van der Waals surface area (Å²) in [6.45, 7) is 4.37. The summed E-state index contributed by atoms with van der Waals surface area (Å²) in [6.07, 6.45) is 5.60. The monoisotopic (exact) mass is 412 g/mol. The van der Waals surface area contributed by atoms with Crippen LogP contribution < -0.4 is 15.0 Å². The molecular formula is C21H20N2O5S. The molecule has 0 bridgehead atoms. The minimum Gasteiger partial charge on any atom is -0.493 e. The van der Waals surface area contributed by atoms with Gasteiger partial charge in [-0.3, -0.25) is 9.20 Å². The van der Waals surface area contributed by atoms with E-state index in [4.69, 9.17) is 14.2 Å². The number of carbonyl (C=O) groups excluding carboxylic acids is 1. The van der Waals surface area contributed by atoms with Crippen LogP contribution in [0.25, 0.3) is 11.0 Å². The summed E-state index contributed by atoms with van der Waals surface area (Å²) in [5.41, 5.74) is 2.05. The number of hydrogen-bond donors (Lipinski definition) is 0. The zero-order chi connectivity index (χ0) is 20.4. The number of aromatic nitrogens is 2. The molecule has 150 valence electrons. The van der Waals surface area contributed by atoms with Gasteiger partial charge in [0, 0.05) is 41.3 Å². The van der Waals surface area contributed by atoms with Crippen molar-refractivity contribution in [2.75, 3.05) is 6.61 Å². The third-order valence-electron chi connectivity index (χ3n) is 4.45. The van der Waals surface area contributed by atoms with Crippen molar-refractivity contribution in [3.63, 3.8) is 0 Å². The van der Waals surface area contributed by atoms with E-state index in [-0.39, 0.29) is 18.3 Å². The Bertz CT molecular complexity index is 1150. The summed E-state index contributed by atoms with van der Waals surface area (Å²) in [5, 5.41) is 1.78. The van der Waals surface area contributed by atoms with E-state index in [0.29, 0.717) is 23.0 Å². The van der Waals surface area contributed by atoms with Gasteiger partial charge in [0.2, 0.25) is 0 Å². The van der Waals surface area contributed by atoms with Crippen LogP contribution in [0, 0.1) is 0 Å². The van der Waals surface area contributed by atoms with Crippen LogP contribution in [0.4, 0.5) is 0 Å². The number of esters is 1. The summed E-state index contributed by atoms with van der Waals surface area (Å²) >= 11 is 1.35. The van der Waals surface area contributed by atoms with Crippen LogP contribution in [0.2, 0.25) is 0 Å². The number of nitrogens with zero attached hydrogens (tertiary/aromatic N) is 2. The molecule has 0 saturated carbocycles. The molecule has 2 aromatic heterocycles. The first-order valence-electron chi connectivity index (χ1n) is 9.30. The van der Waals surface area contributed by atoms with E-state index in [0.717, 1.165) is 23.3 Å². The Labute approximate surface area is 171 Å². The normalized spacial score (nSPS) is 15.4. The highest BCUT2D eigenvalue weighted by molar-refractivity contribution is 7.15. The van der Waals surface area contributed by atoms with Gasteiger partial charge < -0.3 is 14.2 Å². The third kappa shape index (κ3) is 4.17. The third-order valence-corrected chi connectivity index (χ3v) is 5.20. The average Bonchev–Trinajstić information content (AvgIpc) is 3.30. The largest absolute Gasteiger partial charge is 0.493 e. The zero-order valence-corrected chi connectivity index (χ0v) is 16.9. The Balaban J connectivity index is 1.46. The van der Waals surface area contributed by atoms with Gasteiger partial charge in [0.25, 0.3) is 5.56 Å². The lowest BCUT2D eigenvalue weighted by molar-refractivity contribution is -0.139. The van der Waals surface area contributed by atoms with Gasteiger partial charge >= 0.3 is 5.97 Å². The van der Waals surface area contributed by atoms with Crippen LogP contribution >= 0.6 is 11.3 Å². The summed E-state index contributed by atoms with van der Waals surface area (Å²) in [6, 6.07) is 5.20. The maximum Gasteiger partial charge on any atom is 0.331 e. The average molecular weight is 412 g/mol. The van der Waals surface area contributed by atoms with Gasteiger partial charge in [-0.2, -0.15) is 0 Å². The number of carbonyl (C=O) groups is 1. The quantitative estimate of drug-likeness (QED) is 0.457. The second kappa shape index (κ2) is 8.08. The molecule has 1 atom stereocenters. The van der Waals surface area contributed by atoms with Crippen molar-refractivity contribution in [1.29, 1.82) is 0 Å². The number of ether oxygens (including phenoxy) is 3. The topological polar surface area (TPSA) is 79.1 Å². The highest BCUT2D eigenvalue weighted by Crippen LogP contribution is 2.35. The van der Waals surface area contributed by atoms with Crippen molar-refractivity contribution in [2.24, 2.45) is 0 Å². The summed E-state index contributed by atoms with van der Waals surface area (Å²) in [7, 11) is 0. The molecule has 4 rings (SSSR count). The van der Waals surface area contributed by atoms with Crippen molar-refractivity contribution >= 4 is 28.3 Å². The molecule has 3 aromatic rings. The first-order chi connectivity index (χ1) is 14.0. The van der Waals surface area contributed by atoms with Crippen LogP contribution in [0.5, 0.6) is 11.5 Å². The number of thiazole rings is 1. The second-order valence-corrected chi connectivity index (χ2v) is 7.52. The van der Waals surface area contributed by atoms with E-state index in [1.54, 1.807) is 17.7 Å². The molecule has 1 aromatic carbocycles. The molecular weight excluding hydrogens is 392 g/mol. The van der Waals surface area contributed by atoms with E-state index in [2.05, 4.69) is 4.98 Å². The van der Waals surface area contributed by atoms with Crippen LogP contribution in [0.3, 0.4) is 0 Å². The fourth-order valence-electron chi connectivity index (χ4n) is 3.18. The van der Waals surface area contributed by atoms with Crippen LogP contribution in [0.1, 0.15) is 30.7 Å². The van der Waals surface area contributed by atoms with Gasteiger partial charge in [0.05, 0.1) is 12.3 Å². The molecule has 7 nitrogen and oxygen atoms in total. The summed E-state index contributed by atoms with van der Waals surface area (Å²) < 4.78 is 18.2. The molecule has 29 heavy (non-hydrogen) atoms. The fraction of sp³-hybridized carbons (Fsp3) is 0.286. The van der Waals surface area contributed by atoms with Gasteiger partial charge in [0.15, 0.2) is 4.96 Å². The molecule has 0 spiro atoms. The Morgan fingerprint density at radius 2 is 2.28 bits per heavy atom. The van der Waals surface area contributed by atoms with E-state index >= 15 is 0 Å². The van der Waals surface area contributed by atoms with Crippen molar-refractivity contribution in [2.45, 2.75) is 33.0 Å². The lowest BCUT2D eigenvalue weighted by Gasteiger charge is -2.10. The molecule has 0 fully saturated rings. The molecule has 3 heterocycles. The Morgan fingerprint density at radius 1 is 1.41 bits per heavy atom. The Morgan fingerprint density at radius 3 is 3.10 bits per heavy atom. The smallest absolute Gasteiger partial charge is 0.331 e. The first-order valence-corrected chi connectivity index (χ1v) is 10.2. The van der Waals surface area contributed by atoms with Crippen molar-refractivity contribution in [1.82, 2.24) is 9.38 Å². The second-order valence-electron chi connectivity index (χ2n) is 6.65. The highest BCUT2D eigenvalue weighted by atomic mass is 32.1. The van der Waals surface area contributed by atoms with Gasteiger partial charge in [-0.1, -0.05) is 0 Å². The van der Waals surface area contributed by atoms with E-state index < -0.39 is 5.97 Å². The van der Waals surface area contributed by atoms with Crippen molar-refractivity contribution < 1.29 is 19.0 Å². The highest BCUT2D eigenvalue weighted by Gasteiger charge is 2.21. The number of fused-ring (bicyclic) bond motifs is 2. The fourth-order valence-corrected chi connectivity index (χ4v) is 3.92. The number of benzene rings is 1. The van der Waals surface area contributed by atoms with Crippen molar-refractivity contribution in [3.8, 4) is 11.5 Å². The maximum absolute atomic E-state index is 12.2. The molecule has 1 aliphatic rings. The van der Waals surface area contributed by atoms with Crippen LogP contribution in [0.15, 0.2) is 40.6 Å². The van der Waals surface area contributed by atoms with E-state index in [1.165, 1.54) is 27.9 Å². The Kier molecular flexibility index (Phi) is 5.35. The lowest BCUT2D eigenvalue weighted by atomic mass is 10.1. The minimum absolute atomic E-state index is 0.0735. The van der Waals surface area contributed by atoms with Crippen LogP contribution in [-0.4, -0.2) is 28.1 Å². The van der Waals surface area contributed by atoms with Gasteiger partial charge in [-0.15, -0.1) is 11.3 Å². The minimum atomic E-state index is -0.532. The number of hydrogen-bond acceptors (Lipinski definition) is 7.